The minimum atomic E-state index is 0.689. The predicted molar refractivity (Wildman–Crippen MR) is 56.4 cm³/mol. The highest BCUT2D eigenvalue weighted by molar-refractivity contribution is 7.09. The summed E-state index contributed by atoms with van der Waals surface area (Å²) in [5, 5.41) is 7.87. The van der Waals surface area contributed by atoms with Crippen molar-refractivity contribution in [2.75, 3.05) is 6.61 Å². The Morgan fingerprint density at radius 1 is 1.57 bits per heavy atom. The van der Waals surface area contributed by atoms with Crippen LogP contribution in [0.25, 0.3) is 0 Å². The van der Waals surface area contributed by atoms with Crippen molar-refractivity contribution in [3.8, 4) is 0 Å². The Morgan fingerprint density at radius 3 is 3.21 bits per heavy atom. The molecule has 0 spiro atoms. The number of aromatic nitrogens is 1. The minimum absolute atomic E-state index is 0.689. The van der Waals surface area contributed by atoms with Crippen molar-refractivity contribution in [3.63, 3.8) is 0 Å². The minimum Gasteiger partial charge on any atom is -0.375 e. The van der Waals surface area contributed by atoms with Gasteiger partial charge in [-0.25, -0.2) is 0 Å². The van der Waals surface area contributed by atoms with E-state index in [2.05, 4.69) is 11.5 Å². The molecule has 1 aromatic heterocycles. The van der Waals surface area contributed by atoms with Gasteiger partial charge in [0.05, 0.1) is 18.9 Å². The summed E-state index contributed by atoms with van der Waals surface area (Å²) >= 11 is 1.62. The summed E-state index contributed by atoms with van der Waals surface area (Å²) in [4.78, 5) is 2.05. The van der Waals surface area contributed by atoms with Crippen molar-refractivity contribution in [1.82, 2.24) is 4.57 Å². The Balaban J connectivity index is 2.28. The molecule has 0 atom stereocenters. The monoisotopic (exact) mass is 212 g/mol. The van der Waals surface area contributed by atoms with E-state index >= 15 is 0 Å². The lowest BCUT2D eigenvalue weighted by molar-refractivity contribution is 0.105. The molecule has 4 heteroatoms. The first-order valence-corrected chi connectivity index (χ1v) is 5.98. The summed E-state index contributed by atoms with van der Waals surface area (Å²) in [6.07, 6.45) is 3.32. The van der Waals surface area contributed by atoms with E-state index < -0.39 is 0 Å². The van der Waals surface area contributed by atoms with Crippen molar-refractivity contribution >= 4 is 11.3 Å². The fraction of sp³-hybridized carbons (Fsp3) is 0.700. The normalized spacial score (nSPS) is 15.5. The number of hydrogen-bond acceptors (Lipinski definition) is 3. The fourth-order valence-electron chi connectivity index (χ4n) is 1.74. The lowest BCUT2D eigenvalue weighted by atomic mass is 10.2. The van der Waals surface area contributed by atoms with Crippen LogP contribution in [0.5, 0.6) is 0 Å². The van der Waals surface area contributed by atoms with Crippen LogP contribution < -0.4 is 4.80 Å². The number of nitrogens with zero attached hydrogens (tertiary/aromatic N) is 1. The van der Waals surface area contributed by atoms with Gasteiger partial charge in [0, 0.05) is 17.8 Å². The third-order valence-electron chi connectivity index (χ3n) is 2.56. The molecule has 3 nitrogen and oxygen atoms in total. The van der Waals surface area contributed by atoms with E-state index in [0.717, 1.165) is 26.0 Å². The fourth-order valence-corrected chi connectivity index (χ4v) is 2.76. The Morgan fingerprint density at radius 2 is 2.43 bits per heavy atom. The Labute approximate surface area is 87.8 Å². The average molecular weight is 212 g/mol. The van der Waals surface area contributed by atoms with Gasteiger partial charge in [0.25, 0.3) is 0 Å². The Hall–Kier alpha value is -0.610. The molecule has 78 valence electrons. The molecule has 0 saturated carbocycles. The van der Waals surface area contributed by atoms with Crippen LogP contribution in [0.15, 0.2) is 0 Å². The first-order chi connectivity index (χ1) is 6.83. The van der Waals surface area contributed by atoms with Crippen LogP contribution in [0.3, 0.4) is 0 Å². The number of ether oxygens (including phenoxy) is 1. The molecular formula is C10H16N2OS. The highest BCUT2D eigenvalue weighted by atomic mass is 32.1. The van der Waals surface area contributed by atoms with Crippen LogP contribution in [-0.4, -0.2) is 11.2 Å². The second-order valence-electron chi connectivity index (χ2n) is 3.58. The molecule has 14 heavy (non-hydrogen) atoms. The number of hydrogen-bond donors (Lipinski definition) is 1. The number of fused-ring (bicyclic) bond motifs is 1. The molecule has 1 aromatic rings. The van der Waals surface area contributed by atoms with Crippen molar-refractivity contribution in [2.45, 2.75) is 39.3 Å². The lowest BCUT2D eigenvalue weighted by Gasteiger charge is -2.14. The summed E-state index contributed by atoms with van der Waals surface area (Å²) in [5.41, 5.74) is 1.25. The maximum absolute atomic E-state index is 7.87. The van der Waals surface area contributed by atoms with E-state index in [4.69, 9.17) is 10.1 Å². The van der Waals surface area contributed by atoms with Crippen LogP contribution in [0.4, 0.5) is 0 Å². The van der Waals surface area contributed by atoms with Crippen LogP contribution in [0, 0.1) is 5.41 Å². The molecule has 0 bridgehead atoms. The van der Waals surface area contributed by atoms with E-state index in [-0.39, 0.29) is 0 Å². The van der Waals surface area contributed by atoms with Crippen molar-refractivity contribution < 1.29 is 4.74 Å². The topological polar surface area (TPSA) is 38.0 Å². The molecule has 2 rings (SSSR count). The Kier molecular flexibility index (Phi) is 3.03. The zero-order valence-electron chi connectivity index (χ0n) is 8.51. The standard InChI is InChI=1S/C10H16N2OS/c1-2-3-5-12-8-7-13-6-4-9(8)14-10(12)11/h11H,2-7H2,1H3. The van der Waals surface area contributed by atoms with Gasteiger partial charge in [-0.1, -0.05) is 13.3 Å². The highest BCUT2D eigenvalue weighted by Crippen LogP contribution is 2.19. The smallest absolute Gasteiger partial charge is 0.182 e. The summed E-state index contributed by atoms with van der Waals surface area (Å²) in [6.45, 7) is 4.68. The van der Waals surface area contributed by atoms with Crippen molar-refractivity contribution in [3.05, 3.63) is 15.4 Å². The van der Waals surface area contributed by atoms with Crippen LogP contribution in [0.2, 0.25) is 0 Å². The number of thiazole rings is 1. The van der Waals surface area contributed by atoms with Crippen LogP contribution in [-0.2, 0) is 24.3 Å². The maximum Gasteiger partial charge on any atom is 0.182 e. The molecule has 0 radical (unpaired) electrons. The van der Waals surface area contributed by atoms with Gasteiger partial charge in [-0.3, -0.25) is 5.41 Å². The van der Waals surface area contributed by atoms with Gasteiger partial charge < -0.3 is 9.30 Å². The molecule has 0 amide bonds. The second-order valence-corrected chi connectivity index (χ2v) is 4.67. The van der Waals surface area contributed by atoms with Gasteiger partial charge in [0.2, 0.25) is 0 Å². The SMILES string of the molecule is CCCCn1c2c(sc1=N)CCOC2. The summed E-state index contributed by atoms with van der Waals surface area (Å²) in [6, 6.07) is 0. The van der Waals surface area contributed by atoms with Crippen molar-refractivity contribution in [1.29, 1.82) is 5.41 Å². The zero-order chi connectivity index (χ0) is 9.97. The first kappa shape index (κ1) is 9.93. The van der Waals surface area contributed by atoms with Crippen molar-refractivity contribution in [2.24, 2.45) is 0 Å². The third-order valence-corrected chi connectivity index (χ3v) is 3.66. The predicted octanol–water partition coefficient (Wildman–Crippen LogP) is 1.90. The number of unbranched alkanes of at least 4 members (excludes halogenated alkanes) is 1. The highest BCUT2D eigenvalue weighted by Gasteiger charge is 2.16. The molecule has 0 aromatic carbocycles. The van der Waals surface area contributed by atoms with Crippen LogP contribution in [0.1, 0.15) is 30.3 Å². The van der Waals surface area contributed by atoms with Gasteiger partial charge in [-0.15, -0.1) is 11.3 Å². The van der Waals surface area contributed by atoms with Crippen LogP contribution >= 0.6 is 11.3 Å². The van der Waals surface area contributed by atoms with E-state index in [1.165, 1.54) is 17.0 Å². The first-order valence-electron chi connectivity index (χ1n) is 5.16. The molecule has 1 N–H and O–H groups in total. The quantitative estimate of drug-likeness (QED) is 0.816. The Bertz CT molecular complexity index is 367. The molecule has 1 aliphatic rings. The number of nitrogens with one attached hydrogen (secondary N) is 1. The summed E-state index contributed by atoms with van der Waals surface area (Å²) < 4.78 is 7.55. The molecule has 1 aliphatic heterocycles. The molecule has 2 heterocycles. The number of rotatable bonds is 3. The van der Waals surface area contributed by atoms with E-state index in [0.29, 0.717) is 11.4 Å². The maximum atomic E-state index is 7.87. The van der Waals surface area contributed by atoms with E-state index in [1.54, 1.807) is 11.3 Å². The van der Waals surface area contributed by atoms with Gasteiger partial charge >= 0.3 is 0 Å². The summed E-state index contributed by atoms with van der Waals surface area (Å²) in [5.74, 6) is 0. The lowest BCUT2D eigenvalue weighted by Crippen LogP contribution is -2.19. The third kappa shape index (κ3) is 1.77. The molecule has 0 saturated heterocycles. The van der Waals surface area contributed by atoms with Gasteiger partial charge in [-0.05, 0) is 6.42 Å². The largest absolute Gasteiger partial charge is 0.375 e. The van der Waals surface area contributed by atoms with Gasteiger partial charge in [0.15, 0.2) is 4.80 Å². The second kappa shape index (κ2) is 4.28. The van der Waals surface area contributed by atoms with E-state index in [1.807, 2.05) is 0 Å². The van der Waals surface area contributed by atoms with Gasteiger partial charge in [-0.2, -0.15) is 0 Å². The molecule has 0 unspecified atom stereocenters. The van der Waals surface area contributed by atoms with Gasteiger partial charge in [0.1, 0.15) is 0 Å². The molecular weight excluding hydrogens is 196 g/mol. The average Bonchev–Trinajstić information content (AvgIpc) is 2.51. The molecule has 0 fully saturated rings. The van der Waals surface area contributed by atoms with E-state index in [9.17, 15) is 0 Å². The zero-order valence-corrected chi connectivity index (χ0v) is 9.32. The summed E-state index contributed by atoms with van der Waals surface area (Å²) in [7, 11) is 0. The molecule has 0 aliphatic carbocycles.